The first kappa shape index (κ1) is 12.5. The van der Waals surface area contributed by atoms with E-state index in [1.807, 2.05) is 0 Å². The molecule has 0 spiro atoms. The molecule has 88 valence electrons. The van der Waals surface area contributed by atoms with Crippen molar-refractivity contribution in [3.63, 3.8) is 0 Å². The van der Waals surface area contributed by atoms with Gasteiger partial charge in [-0.3, -0.25) is 9.69 Å². The fourth-order valence-electron chi connectivity index (χ4n) is 2.34. The van der Waals surface area contributed by atoms with Gasteiger partial charge in [-0.2, -0.15) is 0 Å². The van der Waals surface area contributed by atoms with Crippen LogP contribution in [0, 0.1) is 5.92 Å². The topological polar surface area (TPSA) is 29.5 Å². The molecule has 1 heterocycles. The molecule has 0 radical (unpaired) electrons. The monoisotopic (exact) mass is 213 g/mol. The van der Waals surface area contributed by atoms with E-state index in [4.69, 9.17) is 4.74 Å². The molecule has 1 aliphatic heterocycles. The average Bonchev–Trinajstić information content (AvgIpc) is 2.46. The van der Waals surface area contributed by atoms with E-state index < -0.39 is 0 Å². The Morgan fingerprint density at radius 3 is 2.07 bits per heavy atom. The Bertz CT molecular complexity index is 196. The molecule has 0 bridgehead atoms. The molecule has 0 aromatic heterocycles. The summed E-state index contributed by atoms with van der Waals surface area (Å²) in [5.41, 5.74) is 0. The molecule has 1 rings (SSSR count). The Hall–Kier alpha value is -0.570. The summed E-state index contributed by atoms with van der Waals surface area (Å²) >= 11 is 0. The van der Waals surface area contributed by atoms with Crippen LogP contribution in [0.5, 0.6) is 0 Å². The van der Waals surface area contributed by atoms with Crippen molar-refractivity contribution in [2.24, 2.45) is 5.92 Å². The van der Waals surface area contributed by atoms with Crippen molar-refractivity contribution < 1.29 is 9.53 Å². The van der Waals surface area contributed by atoms with E-state index in [1.54, 1.807) is 0 Å². The lowest BCUT2D eigenvalue weighted by atomic mass is 10.0. The molecule has 0 saturated carbocycles. The predicted octanol–water partition coefficient (Wildman–Crippen LogP) is 2.06. The molecule has 1 atom stereocenters. The Labute approximate surface area is 92.8 Å². The van der Waals surface area contributed by atoms with Crippen molar-refractivity contribution in [1.29, 1.82) is 0 Å². The Morgan fingerprint density at radius 1 is 1.13 bits per heavy atom. The number of hydrogen-bond acceptors (Lipinski definition) is 3. The smallest absolute Gasteiger partial charge is 0.323 e. The summed E-state index contributed by atoms with van der Waals surface area (Å²) in [6, 6.07) is -0.0481. The highest BCUT2D eigenvalue weighted by atomic mass is 16.5. The van der Waals surface area contributed by atoms with Crippen LogP contribution in [-0.2, 0) is 9.53 Å². The van der Waals surface area contributed by atoms with E-state index in [9.17, 15) is 4.79 Å². The first-order chi connectivity index (χ1) is 7.16. The fourth-order valence-corrected chi connectivity index (χ4v) is 2.34. The predicted molar refractivity (Wildman–Crippen MR) is 60.7 cm³/mol. The van der Waals surface area contributed by atoms with Crippen LogP contribution in [0.4, 0.5) is 0 Å². The summed E-state index contributed by atoms with van der Waals surface area (Å²) in [5, 5.41) is 0. The van der Waals surface area contributed by atoms with Crippen LogP contribution < -0.4 is 0 Å². The summed E-state index contributed by atoms with van der Waals surface area (Å²) in [6.45, 7) is 6.26. The van der Waals surface area contributed by atoms with Gasteiger partial charge in [-0.15, -0.1) is 0 Å². The molecular weight excluding hydrogens is 190 g/mol. The van der Waals surface area contributed by atoms with E-state index in [0.717, 1.165) is 13.1 Å². The number of likely N-dealkylation sites (tertiary alicyclic amines) is 1. The van der Waals surface area contributed by atoms with Crippen LogP contribution >= 0.6 is 0 Å². The first-order valence-corrected chi connectivity index (χ1v) is 5.98. The molecule has 1 saturated heterocycles. The molecular formula is C12H23NO2. The fraction of sp³-hybridized carbons (Fsp3) is 0.917. The van der Waals surface area contributed by atoms with E-state index in [2.05, 4.69) is 18.7 Å². The molecule has 3 nitrogen and oxygen atoms in total. The summed E-state index contributed by atoms with van der Waals surface area (Å²) in [6.07, 6.45) is 5.01. The van der Waals surface area contributed by atoms with Gasteiger partial charge in [0, 0.05) is 0 Å². The van der Waals surface area contributed by atoms with Crippen molar-refractivity contribution >= 4 is 5.97 Å². The van der Waals surface area contributed by atoms with E-state index in [-0.39, 0.29) is 12.0 Å². The summed E-state index contributed by atoms with van der Waals surface area (Å²) < 4.78 is 4.89. The second-order valence-corrected chi connectivity index (χ2v) is 4.66. The number of carbonyl (C=O) groups excluding carboxylic acids is 1. The normalized spacial score (nSPS) is 21.1. The summed E-state index contributed by atoms with van der Waals surface area (Å²) in [5.74, 6) is 0.252. The molecule has 3 heteroatoms. The molecule has 1 fully saturated rings. The number of methoxy groups -OCH3 is 1. The highest BCUT2D eigenvalue weighted by Crippen LogP contribution is 2.18. The third-order valence-electron chi connectivity index (χ3n) is 3.11. The number of hydrogen-bond donors (Lipinski definition) is 0. The lowest BCUT2D eigenvalue weighted by molar-refractivity contribution is -0.148. The van der Waals surface area contributed by atoms with Gasteiger partial charge in [-0.1, -0.05) is 26.7 Å². The second kappa shape index (κ2) is 6.11. The van der Waals surface area contributed by atoms with E-state index in [1.165, 1.54) is 32.8 Å². The van der Waals surface area contributed by atoms with Gasteiger partial charge in [-0.05, 0) is 31.8 Å². The van der Waals surface area contributed by atoms with Crippen LogP contribution in [-0.4, -0.2) is 37.1 Å². The SMILES string of the molecule is COC(=O)[C@@H](C(C)C)N1CCCCCC1. The van der Waals surface area contributed by atoms with Crippen LogP contribution in [0.15, 0.2) is 0 Å². The molecule has 0 unspecified atom stereocenters. The molecule has 0 aliphatic carbocycles. The molecule has 15 heavy (non-hydrogen) atoms. The number of rotatable bonds is 3. The minimum absolute atomic E-state index is 0.0481. The van der Waals surface area contributed by atoms with Gasteiger partial charge in [0.2, 0.25) is 0 Å². The van der Waals surface area contributed by atoms with Gasteiger partial charge in [0.15, 0.2) is 0 Å². The minimum Gasteiger partial charge on any atom is -0.468 e. The van der Waals surface area contributed by atoms with Gasteiger partial charge in [0.05, 0.1) is 7.11 Å². The molecule has 0 aromatic carbocycles. The maximum atomic E-state index is 11.7. The highest BCUT2D eigenvalue weighted by molar-refractivity contribution is 5.75. The standard InChI is InChI=1S/C12H23NO2/c1-10(2)11(12(14)15-3)13-8-6-4-5-7-9-13/h10-11H,4-9H2,1-3H3/t11-/m1/s1. The van der Waals surface area contributed by atoms with Gasteiger partial charge >= 0.3 is 5.97 Å². The largest absolute Gasteiger partial charge is 0.468 e. The van der Waals surface area contributed by atoms with Crippen molar-refractivity contribution in [2.75, 3.05) is 20.2 Å². The van der Waals surface area contributed by atoms with Crippen molar-refractivity contribution in [3.8, 4) is 0 Å². The Morgan fingerprint density at radius 2 is 1.67 bits per heavy atom. The zero-order chi connectivity index (χ0) is 11.3. The van der Waals surface area contributed by atoms with Crippen LogP contribution in [0.25, 0.3) is 0 Å². The number of carbonyl (C=O) groups is 1. The molecule has 0 N–H and O–H groups in total. The Balaban J connectivity index is 2.64. The highest BCUT2D eigenvalue weighted by Gasteiger charge is 2.29. The number of esters is 1. The number of nitrogens with zero attached hydrogens (tertiary/aromatic N) is 1. The van der Waals surface area contributed by atoms with Gasteiger partial charge in [0.1, 0.15) is 6.04 Å². The minimum atomic E-state index is -0.0769. The van der Waals surface area contributed by atoms with Crippen LogP contribution in [0.3, 0.4) is 0 Å². The van der Waals surface area contributed by atoms with Crippen molar-refractivity contribution in [3.05, 3.63) is 0 Å². The van der Waals surface area contributed by atoms with Crippen LogP contribution in [0.2, 0.25) is 0 Å². The zero-order valence-electron chi connectivity index (χ0n) is 10.2. The van der Waals surface area contributed by atoms with Gasteiger partial charge < -0.3 is 4.74 Å². The third kappa shape index (κ3) is 3.49. The lowest BCUT2D eigenvalue weighted by Gasteiger charge is -2.31. The molecule has 1 aliphatic rings. The number of ether oxygens (including phenoxy) is 1. The molecule has 0 amide bonds. The average molecular weight is 213 g/mol. The summed E-state index contributed by atoms with van der Waals surface area (Å²) in [7, 11) is 1.48. The zero-order valence-corrected chi connectivity index (χ0v) is 10.2. The second-order valence-electron chi connectivity index (χ2n) is 4.66. The lowest BCUT2D eigenvalue weighted by Crippen LogP contribution is -2.45. The van der Waals surface area contributed by atoms with E-state index in [0.29, 0.717) is 5.92 Å². The third-order valence-corrected chi connectivity index (χ3v) is 3.11. The Kier molecular flexibility index (Phi) is 5.09. The van der Waals surface area contributed by atoms with Gasteiger partial charge in [-0.25, -0.2) is 0 Å². The van der Waals surface area contributed by atoms with Gasteiger partial charge in [0.25, 0.3) is 0 Å². The van der Waals surface area contributed by atoms with E-state index >= 15 is 0 Å². The van der Waals surface area contributed by atoms with Crippen molar-refractivity contribution in [1.82, 2.24) is 4.90 Å². The summed E-state index contributed by atoms with van der Waals surface area (Å²) in [4.78, 5) is 14.0. The maximum absolute atomic E-state index is 11.7. The van der Waals surface area contributed by atoms with Crippen molar-refractivity contribution in [2.45, 2.75) is 45.6 Å². The first-order valence-electron chi connectivity index (χ1n) is 5.98. The quantitative estimate of drug-likeness (QED) is 0.672. The maximum Gasteiger partial charge on any atom is 0.323 e. The van der Waals surface area contributed by atoms with Crippen LogP contribution in [0.1, 0.15) is 39.5 Å². The molecule has 0 aromatic rings.